The maximum atomic E-state index is 11.1. The summed E-state index contributed by atoms with van der Waals surface area (Å²) >= 11 is 0. The number of aromatic nitrogens is 1. The van der Waals surface area contributed by atoms with Gasteiger partial charge in [0.1, 0.15) is 0 Å². The van der Waals surface area contributed by atoms with Gasteiger partial charge in [-0.15, -0.1) is 0 Å². The standard InChI is InChI=1S/C9H9N3O2/c1-12-7-4-6(5-11-10)2-3-8(7)14-9(12)13/h2-5H,10H2,1H3. The second kappa shape index (κ2) is 3.02. The van der Waals surface area contributed by atoms with Crippen LogP contribution < -0.4 is 11.6 Å². The molecule has 2 rings (SSSR count). The maximum Gasteiger partial charge on any atom is 0.419 e. The Bertz CT molecular complexity index is 551. The van der Waals surface area contributed by atoms with Gasteiger partial charge in [-0.25, -0.2) is 4.79 Å². The average Bonchev–Trinajstić information content (AvgIpc) is 2.45. The smallest absolute Gasteiger partial charge is 0.408 e. The SMILES string of the molecule is Cn1c(=O)oc2ccc(C=NN)cc21. The van der Waals surface area contributed by atoms with Crippen molar-refractivity contribution in [3.8, 4) is 0 Å². The number of hydrogen-bond donors (Lipinski definition) is 1. The van der Waals surface area contributed by atoms with E-state index in [0.717, 1.165) is 11.1 Å². The van der Waals surface area contributed by atoms with Crippen LogP contribution in [-0.2, 0) is 7.05 Å². The molecule has 1 aromatic heterocycles. The maximum absolute atomic E-state index is 11.1. The van der Waals surface area contributed by atoms with Gasteiger partial charge in [-0.1, -0.05) is 0 Å². The molecule has 5 nitrogen and oxygen atoms in total. The van der Waals surface area contributed by atoms with Crippen molar-refractivity contribution in [2.75, 3.05) is 0 Å². The summed E-state index contributed by atoms with van der Waals surface area (Å²) in [5.74, 6) is 4.65. The number of nitrogens with zero attached hydrogens (tertiary/aromatic N) is 2. The fourth-order valence-electron chi connectivity index (χ4n) is 1.31. The van der Waals surface area contributed by atoms with Crippen molar-refractivity contribution in [1.82, 2.24) is 4.57 Å². The summed E-state index contributed by atoms with van der Waals surface area (Å²) in [4.78, 5) is 11.1. The molecule has 0 aliphatic rings. The van der Waals surface area contributed by atoms with E-state index in [-0.39, 0.29) is 5.76 Å². The quantitative estimate of drug-likeness (QED) is 0.403. The Hall–Kier alpha value is -2.04. The number of aryl methyl sites for hydroxylation is 1. The van der Waals surface area contributed by atoms with E-state index in [1.807, 2.05) is 0 Å². The van der Waals surface area contributed by atoms with Crippen LogP contribution in [0.3, 0.4) is 0 Å². The van der Waals surface area contributed by atoms with Crippen molar-refractivity contribution in [2.45, 2.75) is 0 Å². The first-order chi connectivity index (χ1) is 6.72. The van der Waals surface area contributed by atoms with Gasteiger partial charge in [-0.2, -0.15) is 5.10 Å². The lowest BCUT2D eigenvalue weighted by atomic mass is 10.2. The van der Waals surface area contributed by atoms with E-state index in [1.165, 1.54) is 10.8 Å². The lowest BCUT2D eigenvalue weighted by molar-refractivity contribution is 0.528. The Morgan fingerprint density at radius 1 is 1.57 bits per heavy atom. The molecule has 72 valence electrons. The minimum absolute atomic E-state index is 0.373. The molecule has 0 aliphatic carbocycles. The van der Waals surface area contributed by atoms with Crippen molar-refractivity contribution in [3.63, 3.8) is 0 Å². The monoisotopic (exact) mass is 191 g/mol. The van der Waals surface area contributed by atoms with Crippen LogP contribution in [0.5, 0.6) is 0 Å². The Kier molecular flexibility index (Phi) is 1.85. The van der Waals surface area contributed by atoms with Gasteiger partial charge in [-0.3, -0.25) is 4.57 Å². The highest BCUT2D eigenvalue weighted by Crippen LogP contribution is 2.12. The molecular weight excluding hydrogens is 182 g/mol. The normalized spacial score (nSPS) is 11.5. The number of nitrogens with two attached hydrogens (primary N) is 1. The van der Waals surface area contributed by atoms with Crippen LogP contribution in [0.25, 0.3) is 11.1 Å². The van der Waals surface area contributed by atoms with Crippen LogP contribution >= 0.6 is 0 Å². The summed E-state index contributed by atoms with van der Waals surface area (Å²) in [6, 6.07) is 5.28. The van der Waals surface area contributed by atoms with Gasteiger partial charge in [0.15, 0.2) is 5.58 Å². The van der Waals surface area contributed by atoms with Crippen molar-refractivity contribution < 1.29 is 4.42 Å². The highest BCUT2D eigenvalue weighted by Gasteiger charge is 2.04. The molecule has 1 aromatic carbocycles. The molecular formula is C9H9N3O2. The number of hydrazone groups is 1. The molecule has 0 amide bonds. The predicted molar refractivity (Wildman–Crippen MR) is 53.2 cm³/mol. The molecule has 14 heavy (non-hydrogen) atoms. The van der Waals surface area contributed by atoms with Crippen LogP contribution in [0.4, 0.5) is 0 Å². The summed E-state index contributed by atoms with van der Waals surface area (Å²) < 4.78 is 6.40. The zero-order valence-corrected chi connectivity index (χ0v) is 7.60. The van der Waals surface area contributed by atoms with E-state index in [1.54, 1.807) is 25.2 Å². The molecule has 0 radical (unpaired) electrons. The van der Waals surface area contributed by atoms with Crippen LogP contribution in [0.1, 0.15) is 5.56 Å². The van der Waals surface area contributed by atoms with Crippen LogP contribution in [0.15, 0.2) is 32.5 Å². The lowest BCUT2D eigenvalue weighted by Crippen LogP contribution is -2.08. The third kappa shape index (κ3) is 1.19. The molecule has 0 atom stereocenters. The second-order valence-electron chi connectivity index (χ2n) is 2.93. The van der Waals surface area contributed by atoms with Gasteiger partial charge in [0.2, 0.25) is 0 Å². The minimum atomic E-state index is -0.373. The molecule has 2 N–H and O–H groups in total. The molecule has 2 aromatic rings. The fraction of sp³-hybridized carbons (Fsp3) is 0.111. The molecule has 1 heterocycles. The summed E-state index contributed by atoms with van der Waals surface area (Å²) in [6.07, 6.45) is 1.51. The van der Waals surface area contributed by atoms with E-state index in [4.69, 9.17) is 10.3 Å². The Morgan fingerprint density at radius 2 is 2.36 bits per heavy atom. The molecule has 0 unspecified atom stereocenters. The average molecular weight is 191 g/mol. The topological polar surface area (TPSA) is 73.5 Å². The van der Waals surface area contributed by atoms with Gasteiger partial charge < -0.3 is 10.3 Å². The van der Waals surface area contributed by atoms with E-state index < -0.39 is 0 Å². The van der Waals surface area contributed by atoms with Crippen molar-refractivity contribution in [1.29, 1.82) is 0 Å². The predicted octanol–water partition coefficient (Wildman–Crippen LogP) is 0.424. The largest absolute Gasteiger partial charge is 0.419 e. The van der Waals surface area contributed by atoms with Crippen LogP contribution in [-0.4, -0.2) is 10.8 Å². The van der Waals surface area contributed by atoms with E-state index in [9.17, 15) is 4.79 Å². The number of rotatable bonds is 1. The third-order valence-corrected chi connectivity index (χ3v) is 2.04. The molecule has 0 spiro atoms. The first-order valence-electron chi connectivity index (χ1n) is 4.05. The van der Waals surface area contributed by atoms with Crippen molar-refractivity contribution in [3.05, 3.63) is 34.3 Å². The van der Waals surface area contributed by atoms with Gasteiger partial charge in [0, 0.05) is 7.05 Å². The summed E-state index contributed by atoms with van der Waals surface area (Å²) in [7, 11) is 1.65. The fourth-order valence-corrected chi connectivity index (χ4v) is 1.31. The molecule has 5 heteroatoms. The lowest BCUT2D eigenvalue weighted by Gasteiger charge is -1.93. The highest BCUT2D eigenvalue weighted by atomic mass is 16.4. The van der Waals surface area contributed by atoms with E-state index in [0.29, 0.717) is 5.58 Å². The molecule has 0 bridgehead atoms. The van der Waals surface area contributed by atoms with Crippen molar-refractivity contribution >= 4 is 17.3 Å². The van der Waals surface area contributed by atoms with Crippen LogP contribution in [0.2, 0.25) is 0 Å². The Balaban J connectivity index is 2.75. The second-order valence-corrected chi connectivity index (χ2v) is 2.93. The zero-order chi connectivity index (χ0) is 10.1. The number of hydrogen-bond acceptors (Lipinski definition) is 4. The zero-order valence-electron chi connectivity index (χ0n) is 7.60. The minimum Gasteiger partial charge on any atom is -0.408 e. The third-order valence-electron chi connectivity index (χ3n) is 2.04. The molecule has 0 saturated carbocycles. The van der Waals surface area contributed by atoms with Gasteiger partial charge in [0.25, 0.3) is 0 Å². The molecule has 0 aliphatic heterocycles. The Labute approximate surface area is 79.4 Å². The highest BCUT2D eigenvalue weighted by molar-refractivity contribution is 5.86. The van der Waals surface area contributed by atoms with Gasteiger partial charge in [0.05, 0.1) is 11.7 Å². The summed E-state index contributed by atoms with van der Waals surface area (Å²) in [6.45, 7) is 0. The Morgan fingerprint density at radius 3 is 3.07 bits per heavy atom. The van der Waals surface area contributed by atoms with Gasteiger partial charge in [-0.05, 0) is 23.8 Å². The molecule has 0 fully saturated rings. The van der Waals surface area contributed by atoms with E-state index >= 15 is 0 Å². The summed E-state index contributed by atoms with van der Waals surface area (Å²) in [5, 5.41) is 3.41. The van der Waals surface area contributed by atoms with Crippen molar-refractivity contribution in [2.24, 2.45) is 18.0 Å². The molecule has 0 saturated heterocycles. The van der Waals surface area contributed by atoms with Gasteiger partial charge >= 0.3 is 5.76 Å². The summed E-state index contributed by atoms with van der Waals surface area (Å²) in [5.41, 5.74) is 2.12. The number of fused-ring (bicyclic) bond motifs is 1. The number of benzene rings is 1. The first-order valence-corrected chi connectivity index (χ1v) is 4.05. The van der Waals surface area contributed by atoms with E-state index in [2.05, 4.69) is 5.10 Å². The first kappa shape index (κ1) is 8.55. The number of oxazole rings is 1. The van der Waals surface area contributed by atoms with Crippen LogP contribution in [0, 0.1) is 0 Å².